The van der Waals surface area contributed by atoms with Crippen LogP contribution in [-0.2, 0) is 0 Å². The van der Waals surface area contributed by atoms with Crippen LogP contribution in [0.5, 0.6) is 0 Å². The van der Waals surface area contributed by atoms with Crippen molar-refractivity contribution in [3.05, 3.63) is 47.0 Å². The molecule has 21 heavy (non-hydrogen) atoms. The minimum absolute atomic E-state index is 0. The first-order chi connectivity index (χ1) is 9.50. The molecule has 0 saturated heterocycles. The number of aliphatic imine (C=N–C) groups is 1. The molecule has 1 aromatic carbocycles. The van der Waals surface area contributed by atoms with E-state index in [2.05, 4.69) is 22.2 Å². The highest BCUT2D eigenvalue weighted by Gasteiger charge is 2.07. The van der Waals surface area contributed by atoms with Crippen LogP contribution < -0.4 is 16.4 Å². The Hall–Kier alpha value is -1.28. The van der Waals surface area contributed by atoms with Crippen LogP contribution in [0.25, 0.3) is 0 Å². The highest BCUT2D eigenvalue weighted by Crippen LogP contribution is 2.14. The van der Waals surface area contributed by atoms with Crippen LogP contribution in [0.3, 0.4) is 0 Å². The molecule has 4 N–H and O–H groups in total. The standard InChI is InChI=1S/C14H19ClN4O.HI/c1-10(2)9-19-14(16)18-8-7-17-13(20)11-5-3-4-6-12(11)15;/h3-6H,1,7-9H2,2H3,(H,17,20)(H3,16,18,19);1H. The van der Waals surface area contributed by atoms with E-state index in [9.17, 15) is 4.79 Å². The fourth-order valence-electron chi connectivity index (χ4n) is 1.38. The molecule has 0 aromatic heterocycles. The van der Waals surface area contributed by atoms with Crippen LogP contribution in [0.1, 0.15) is 17.3 Å². The second-order valence-corrected chi connectivity index (χ2v) is 4.73. The number of hydrogen-bond donors (Lipinski definition) is 3. The lowest BCUT2D eigenvalue weighted by Gasteiger charge is -2.08. The molecule has 0 spiro atoms. The van der Waals surface area contributed by atoms with E-state index >= 15 is 0 Å². The first-order valence-corrected chi connectivity index (χ1v) is 6.59. The molecule has 0 saturated carbocycles. The van der Waals surface area contributed by atoms with Crippen LogP contribution >= 0.6 is 35.6 Å². The van der Waals surface area contributed by atoms with Gasteiger partial charge in [-0.1, -0.05) is 35.9 Å². The van der Waals surface area contributed by atoms with Gasteiger partial charge in [-0.15, -0.1) is 24.0 Å². The van der Waals surface area contributed by atoms with Crippen LogP contribution in [0.2, 0.25) is 5.02 Å². The first kappa shape index (κ1) is 19.7. The quantitative estimate of drug-likeness (QED) is 0.216. The van der Waals surface area contributed by atoms with E-state index in [4.69, 9.17) is 17.3 Å². The molecule has 0 unspecified atom stereocenters. The van der Waals surface area contributed by atoms with Gasteiger partial charge in [-0.3, -0.25) is 4.79 Å². The van der Waals surface area contributed by atoms with E-state index in [1.165, 1.54) is 0 Å². The zero-order valence-electron chi connectivity index (χ0n) is 11.9. The fraction of sp³-hybridized carbons (Fsp3) is 0.286. The molecule has 0 fully saturated rings. The van der Waals surface area contributed by atoms with Crippen molar-refractivity contribution in [3.8, 4) is 0 Å². The van der Waals surface area contributed by atoms with Crippen molar-refractivity contribution in [1.29, 1.82) is 0 Å². The Bertz CT molecular complexity index is 519. The van der Waals surface area contributed by atoms with Gasteiger partial charge in [-0.05, 0) is 19.1 Å². The zero-order chi connectivity index (χ0) is 15.0. The lowest BCUT2D eigenvalue weighted by molar-refractivity contribution is 0.0954. The Morgan fingerprint density at radius 1 is 1.33 bits per heavy atom. The normalized spacial score (nSPS) is 10.5. The molecule has 0 atom stereocenters. The van der Waals surface area contributed by atoms with Gasteiger partial charge in [0.15, 0.2) is 5.96 Å². The van der Waals surface area contributed by atoms with E-state index in [0.29, 0.717) is 36.2 Å². The van der Waals surface area contributed by atoms with Crippen molar-refractivity contribution < 1.29 is 4.79 Å². The predicted molar refractivity (Wildman–Crippen MR) is 98.5 cm³/mol. The van der Waals surface area contributed by atoms with Gasteiger partial charge in [-0.25, -0.2) is 4.99 Å². The van der Waals surface area contributed by atoms with Gasteiger partial charge < -0.3 is 16.4 Å². The third-order valence-corrected chi connectivity index (χ3v) is 2.68. The average Bonchev–Trinajstić information content (AvgIpc) is 2.41. The maximum absolute atomic E-state index is 11.8. The Kier molecular flexibility index (Phi) is 9.81. The molecule has 1 amide bonds. The number of rotatable bonds is 6. The van der Waals surface area contributed by atoms with Gasteiger partial charge in [0.05, 0.1) is 17.1 Å². The summed E-state index contributed by atoms with van der Waals surface area (Å²) in [6.45, 7) is 7.01. The number of carbonyl (C=O) groups excluding carboxylic acids is 1. The van der Waals surface area contributed by atoms with E-state index in [0.717, 1.165) is 5.57 Å². The van der Waals surface area contributed by atoms with Crippen molar-refractivity contribution in [1.82, 2.24) is 10.6 Å². The van der Waals surface area contributed by atoms with Crippen molar-refractivity contribution in [2.24, 2.45) is 10.7 Å². The maximum atomic E-state index is 11.8. The van der Waals surface area contributed by atoms with E-state index in [1.807, 2.05) is 6.92 Å². The predicted octanol–water partition coefficient (Wildman–Crippen LogP) is 2.17. The minimum atomic E-state index is -0.213. The smallest absolute Gasteiger partial charge is 0.252 e. The molecule has 1 aromatic rings. The number of hydrogen-bond acceptors (Lipinski definition) is 2. The molecule has 0 heterocycles. The summed E-state index contributed by atoms with van der Waals surface area (Å²) in [5.41, 5.74) is 7.03. The molecule has 5 nitrogen and oxygen atoms in total. The topological polar surface area (TPSA) is 79.5 Å². The summed E-state index contributed by atoms with van der Waals surface area (Å²) in [6, 6.07) is 6.89. The number of nitrogens with zero attached hydrogens (tertiary/aromatic N) is 1. The lowest BCUT2D eigenvalue weighted by atomic mass is 10.2. The van der Waals surface area contributed by atoms with Gasteiger partial charge in [0, 0.05) is 13.1 Å². The average molecular weight is 423 g/mol. The van der Waals surface area contributed by atoms with Crippen molar-refractivity contribution >= 4 is 47.4 Å². The van der Waals surface area contributed by atoms with Gasteiger partial charge >= 0.3 is 0 Å². The molecular formula is C14H20ClIN4O. The Balaban J connectivity index is 0.00000400. The largest absolute Gasteiger partial charge is 0.370 e. The molecule has 0 radical (unpaired) electrons. The molecule has 0 aliphatic rings. The molecule has 1 rings (SSSR count). The fourth-order valence-corrected chi connectivity index (χ4v) is 1.60. The Morgan fingerprint density at radius 2 is 1.95 bits per heavy atom. The molecular weight excluding hydrogens is 403 g/mol. The number of benzene rings is 1. The number of nitrogens with two attached hydrogens (primary N) is 1. The van der Waals surface area contributed by atoms with E-state index in [-0.39, 0.29) is 29.9 Å². The minimum Gasteiger partial charge on any atom is -0.370 e. The first-order valence-electron chi connectivity index (χ1n) is 6.21. The second kappa shape index (κ2) is 10.4. The summed E-state index contributed by atoms with van der Waals surface area (Å²) < 4.78 is 0. The van der Waals surface area contributed by atoms with Crippen molar-refractivity contribution in [2.45, 2.75) is 6.92 Å². The summed E-state index contributed by atoms with van der Waals surface area (Å²) in [5.74, 6) is 0.120. The van der Waals surface area contributed by atoms with Crippen molar-refractivity contribution in [3.63, 3.8) is 0 Å². The number of nitrogens with one attached hydrogen (secondary N) is 2. The van der Waals surface area contributed by atoms with Crippen LogP contribution in [0.15, 0.2) is 41.4 Å². The summed E-state index contributed by atoms with van der Waals surface area (Å²) in [4.78, 5) is 15.9. The molecule has 0 bridgehead atoms. The third-order valence-electron chi connectivity index (χ3n) is 2.35. The summed E-state index contributed by atoms with van der Waals surface area (Å²) >= 11 is 5.93. The third kappa shape index (κ3) is 7.91. The van der Waals surface area contributed by atoms with Crippen LogP contribution in [0, 0.1) is 0 Å². The van der Waals surface area contributed by atoms with Gasteiger partial charge in [0.2, 0.25) is 0 Å². The zero-order valence-corrected chi connectivity index (χ0v) is 14.9. The van der Waals surface area contributed by atoms with Gasteiger partial charge in [0.1, 0.15) is 0 Å². The highest BCUT2D eigenvalue weighted by molar-refractivity contribution is 14.0. The molecule has 116 valence electrons. The van der Waals surface area contributed by atoms with Gasteiger partial charge in [0.25, 0.3) is 5.91 Å². The molecule has 0 aliphatic carbocycles. The summed E-state index contributed by atoms with van der Waals surface area (Å²) in [7, 11) is 0. The Morgan fingerprint density at radius 3 is 2.57 bits per heavy atom. The SMILES string of the molecule is C=C(C)CN=C(N)NCCNC(=O)c1ccccc1Cl.I. The number of amides is 1. The van der Waals surface area contributed by atoms with E-state index < -0.39 is 0 Å². The maximum Gasteiger partial charge on any atom is 0.252 e. The lowest BCUT2D eigenvalue weighted by Crippen LogP contribution is -2.38. The van der Waals surface area contributed by atoms with Gasteiger partial charge in [-0.2, -0.15) is 0 Å². The summed E-state index contributed by atoms with van der Waals surface area (Å²) in [6.07, 6.45) is 0. The van der Waals surface area contributed by atoms with Crippen LogP contribution in [0.4, 0.5) is 0 Å². The van der Waals surface area contributed by atoms with E-state index in [1.54, 1.807) is 24.3 Å². The molecule has 7 heteroatoms. The number of guanidine groups is 1. The Labute approximate surface area is 147 Å². The number of halogens is 2. The summed E-state index contributed by atoms with van der Waals surface area (Å²) in [5, 5.41) is 6.08. The highest BCUT2D eigenvalue weighted by atomic mass is 127. The number of carbonyl (C=O) groups is 1. The van der Waals surface area contributed by atoms with Crippen LogP contribution in [-0.4, -0.2) is 31.5 Å². The monoisotopic (exact) mass is 422 g/mol. The second-order valence-electron chi connectivity index (χ2n) is 4.32. The molecule has 0 aliphatic heterocycles. The van der Waals surface area contributed by atoms with Crippen molar-refractivity contribution in [2.75, 3.05) is 19.6 Å².